The van der Waals surface area contributed by atoms with Crippen molar-refractivity contribution in [1.29, 1.82) is 5.26 Å². The molecule has 0 fully saturated rings. The molecule has 49 heavy (non-hydrogen) atoms. The Morgan fingerprint density at radius 3 is 1.37 bits per heavy atom. The second kappa shape index (κ2) is 10.9. The third-order valence-electron chi connectivity index (χ3n) is 10.1. The summed E-state index contributed by atoms with van der Waals surface area (Å²) in [6.45, 7) is 0. The third kappa shape index (κ3) is 4.04. The Bertz CT molecular complexity index is 2880. The van der Waals surface area contributed by atoms with Gasteiger partial charge < -0.3 is 0 Å². The minimum absolute atomic E-state index is 0.735. The monoisotopic (exact) mass is 637 g/mol. The van der Waals surface area contributed by atoms with Gasteiger partial charge in [-0.2, -0.15) is 5.26 Å². The normalized spacial score (nSPS) is 11.7. The summed E-state index contributed by atoms with van der Waals surface area (Å²) in [4.78, 5) is 0. The standard InChI is InChI=1S/C47H27NS/c48-28-41-30-16-4-6-18-32(30)45(33-19-7-5-17-31(33)41)39-25-12-26-40-46-38(24-13-27-42(46)49-47(39)40)44-36-22-10-8-20-34(36)43(29-14-2-1-3-15-29)35-21-9-11-23-37(35)44/h1-27H. The summed E-state index contributed by atoms with van der Waals surface area (Å²) in [5.74, 6) is 0. The lowest BCUT2D eigenvalue weighted by Gasteiger charge is -2.18. The van der Waals surface area contributed by atoms with Crippen LogP contribution in [0.1, 0.15) is 5.56 Å². The van der Waals surface area contributed by atoms with Gasteiger partial charge in [0.25, 0.3) is 0 Å². The third-order valence-corrected chi connectivity index (χ3v) is 11.3. The summed E-state index contributed by atoms with van der Waals surface area (Å²) in [5.41, 5.74) is 8.16. The Morgan fingerprint density at radius 1 is 0.367 bits per heavy atom. The Morgan fingerprint density at radius 2 is 0.796 bits per heavy atom. The van der Waals surface area contributed by atoms with Crippen molar-refractivity contribution in [1.82, 2.24) is 0 Å². The zero-order chi connectivity index (χ0) is 32.5. The van der Waals surface area contributed by atoms with Gasteiger partial charge in [0.15, 0.2) is 0 Å². The number of nitrogens with zero attached hydrogens (tertiary/aromatic N) is 1. The minimum atomic E-state index is 0.735. The topological polar surface area (TPSA) is 23.8 Å². The van der Waals surface area contributed by atoms with Crippen molar-refractivity contribution in [2.45, 2.75) is 0 Å². The van der Waals surface area contributed by atoms with Crippen LogP contribution in [0, 0.1) is 11.3 Å². The van der Waals surface area contributed by atoms with Crippen LogP contribution in [-0.4, -0.2) is 0 Å². The number of rotatable bonds is 3. The molecule has 0 aliphatic carbocycles. The number of benzene rings is 9. The lowest BCUT2D eigenvalue weighted by atomic mass is 9.84. The van der Waals surface area contributed by atoms with Crippen LogP contribution in [0.4, 0.5) is 0 Å². The van der Waals surface area contributed by atoms with E-state index in [2.05, 4.69) is 158 Å². The van der Waals surface area contributed by atoms with E-state index < -0.39 is 0 Å². The van der Waals surface area contributed by atoms with E-state index in [1.807, 2.05) is 23.5 Å². The van der Waals surface area contributed by atoms with Crippen molar-refractivity contribution < 1.29 is 0 Å². The molecule has 0 atom stereocenters. The molecular formula is C47H27NS. The first-order chi connectivity index (χ1) is 24.3. The predicted octanol–water partition coefficient (Wildman–Crippen LogP) is 13.5. The second-order valence-corrected chi connectivity index (χ2v) is 13.7. The highest BCUT2D eigenvalue weighted by Crippen LogP contribution is 2.50. The maximum Gasteiger partial charge on any atom is 0.100 e. The fourth-order valence-electron chi connectivity index (χ4n) is 8.13. The molecule has 0 saturated carbocycles. The SMILES string of the molecule is N#Cc1c2ccccc2c(-c2cccc3c2sc2cccc(-c4c5ccccc5c(-c5ccccc5)c5ccccc45)c23)c2ccccc12. The van der Waals surface area contributed by atoms with Gasteiger partial charge >= 0.3 is 0 Å². The van der Waals surface area contributed by atoms with Crippen LogP contribution in [-0.2, 0) is 0 Å². The van der Waals surface area contributed by atoms with Gasteiger partial charge in [-0.25, -0.2) is 0 Å². The molecule has 1 aromatic heterocycles. The fourth-order valence-corrected chi connectivity index (χ4v) is 9.38. The summed E-state index contributed by atoms with van der Waals surface area (Å²) in [7, 11) is 0. The van der Waals surface area contributed by atoms with E-state index in [1.54, 1.807) is 0 Å². The van der Waals surface area contributed by atoms with Gasteiger partial charge in [0, 0.05) is 36.5 Å². The van der Waals surface area contributed by atoms with Crippen molar-refractivity contribution in [3.8, 4) is 39.4 Å². The van der Waals surface area contributed by atoms with Crippen molar-refractivity contribution in [3.63, 3.8) is 0 Å². The molecule has 0 aliphatic rings. The van der Waals surface area contributed by atoms with Gasteiger partial charge in [0.1, 0.15) is 6.07 Å². The molecule has 1 heterocycles. The molecule has 0 N–H and O–H groups in total. The van der Waals surface area contributed by atoms with Gasteiger partial charge in [-0.3, -0.25) is 0 Å². The molecule has 2 heteroatoms. The van der Waals surface area contributed by atoms with E-state index in [9.17, 15) is 5.26 Å². The lowest BCUT2D eigenvalue weighted by Crippen LogP contribution is -1.91. The zero-order valence-electron chi connectivity index (χ0n) is 26.4. The lowest BCUT2D eigenvalue weighted by molar-refractivity contribution is 1.52. The summed E-state index contributed by atoms with van der Waals surface area (Å²) in [6, 6.07) is 61.4. The predicted molar refractivity (Wildman–Crippen MR) is 210 cm³/mol. The van der Waals surface area contributed by atoms with Crippen molar-refractivity contribution >= 4 is 74.6 Å². The molecule has 0 amide bonds. The van der Waals surface area contributed by atoms with Gasteiger partial charge in [0.2, 0.25) is 0 Å². The fraction of sp³-hybridized carbons (Fsp3) is 0. The van der Waals surface area contributed by atoms with E-state index in [1.165, 1.54) is 75.1 Å². The van der Waals surface area contributed by atoms with E-state index >= 15 is 0 Å². The molecule has 9 aromatic carbocycles. The summed E-state index contributed by atoms with van der Waals surface area (Å²) in [5, 5.41) is 22.1. The van der Waals surface area contributed by atoms with Crippen LogP contribution < -0.4 is 0 Å². The molecule has 0 saturated heterocycles. The maximum absolute atomic E-state index is 10.3. The average molecular weight is 638 g/mol. The largest absolute Gasteiger partial charge is 0.192 e. The van der Waals surface area contributed by atoms with E-state index in [0.29, 0.717) is 0 Å². The average Bonchev–Trinajstić information content (AvgIpc) is 3.56. The zero-order valence-corrected chi connectivity index (χ0v) is 27.3. The van der Waals surface area contributed by atoms with Gasteiger partial charge in [0.05, 0.1) is 5.56 Å². The Labute approximate surface area is 287 Å². The van der Waals surface area contributed by atoms with Crippen LogP contribution in [0.5, 0.6) is 0 Å². The number of thiophene rings is 1. The van der Waals surface area contributed by atoms with E-state index in [0.717, 1.165) is 27.1 Å². The highest BCUT2D eigenvalue weighted by atomic mass is 32.1. The molecule has 0 unspecified atom stereocenters. The first-order valence-electron chi connectivity index (χ1n) is 16.6. The van der Waals surface area contributed by atoms with Gasteiger partial charge in [-0.05, 0) is 66.2 Å². The molecular weight excluding hydrogens is 611 g/mol. The molecule has 10 aromatic rings. The number of nitriles is 1. The highest BCUT2D eigenvalue weighted by molar-refractivity contribution is 7.26. The molecule has 1 nitrogen and oxygen atoms in total. The molecule has 10 rings (SSSR count). The smallest absolute Gasteiger partial charge is 0.100 e. The summed E-state index contributed by atoms with van der Waals surface area (Å²) >= 11 is 1.86. The molecule has 0 radical (unpaired) electrons. The number of hydrogen-bond donors (Lipinski definition) is 0. The van der Waals surface area contributed by atoms with Crippen LogP contribution in [0.15, 0.2) is 164 Å². The van der Waals surface area contributed by atoms with Crippen molar-refractivity contribution in [2.75, 3.05) is 0 Å². The number of hydrogen-bond acceptors (Lipinski definition) is 2. The van der Waals surface area contributed by atoms with Gasteiger partial charge in [-0.15, -0.1) is 11.3 Å². The minimum Gasteiger partial charge on any atom is -0.192 e. The van der Waals surface area contributed by atoms with Gasteiger partial charge in [-0.1, -0.05) is 158 Å². The van der Waals surface area contributed by atoms with Crippen molar-refractivity contribution in [2.24, 2.45) is 0 Å². The Balaban J connectivity index is 1.33. The quantitative estimate of drug-likeness (QED) is 0.177. The first-order valence-corrected chi connectivity index (χ1v) is 17.4. The molecule has 0 aliphatic heterocycles. The van der Waals surface area contributed by atoms with E-state index in [-0.39, 0.29) is 0 Å². The van der Waals surface area contributed by atoms with Crippen molar-refractivity contribution in [3.05, 3.63) is 169 Å². The van der Waals surface area contributed by atoms with Crippen LogP contribution in [0.25, 0.3) is 96.6 Å². The first kappa shape index (κ1) is 27.8. The van der Waals surface area contributed by atoms with Crippen LogP contribution in [0.3, 0.4) is 0 Å². The van der Waals surface area contributed by atoms with Crippen LogP contribution in [0.2, 0.25) is 0 Å². The molecule has 226 valence electrons. The summed E-state index contributed by atoms with van der Waals surface area (Å²) < 4.78 is 2.53. The highest BCUT2D eigenvalue weighted by Gasteiger charge is 2.22. The summed E-state index contributed by atoms with van der Waals surface area (Å²) in [6.07, 6.45) is 0. The Kier molecular flexibility index (Phi) is 6.18. The number of fused-ring (bicyclic) bond motifs is 7. The molecule has 0 spiro atoms. The second-order valence-electron chi connectivity index (χ2n) is 12.6. The van der Waals surface area contributed by atoms with E-state index in [4.69, 9.17) is 0 Å². The molecule has 0 bridgehead atoms. The van der Waals surface area contributed by atoms with Crippen LogP contribution >= 0.6 is 11.3 Å². The Hall–Kier alpha value is -6.27. The maximum atomic E-state index is 10.3.